The highest BCUT2D eigenvalue weighted by molar-refractivity contribution is 5.99. The van der Waals surface area contributed by atoms with Crippen LogP contribution in [0.4, 0.5) is 11.4 Å². The van der Waals surface area contributed by atoms with Gasteiger partial charge < -0.3 is 15.4 Å². The quantitative estimate of drug-likeness (QED) is 0.639. The first-order valence-electron chi connectivity index (χ1n) is 6.91. The van der Waals surface area contributed by atoms with Gasteiger partial charge in [0.2, 0.25) is 0 Å². The number of ether oxygens (including phenoxy) is 1. The Hall–Kier alpha value is -2.15. The average Bonchev–Trinajstić information content (AvgIpc) is 3.00. The molecular weight excluding hydrogens is 274 g/mol. The highest BCUT2D eigenvalue weighted by Crippen LogP contribution is 2.23. The fraction of sp³-hybridized carbons (Fsp3) is 0.500. The number of nitrogens with one attached hydrogen (secondary N) is 2. The normalized spacial score (nSPS) is 19.0. The lowest BCUT2D eigenvalue weighted by atomic mass is 10.1. The minimum atomic E-state index is -0.551. The summed E-state index contributed by atoms with van der Waals surface area (Å²) in [6, 6.07) is 4.20. The summed E-state index contributed by atoms with van der Waals surface area (Å²) >= 11 is 0. The van der Waals surface area contributed by atoms with Gasteiger partial charge >= 0.3 is 0 Å². The Bertz CT molecular complexity index is 541. The Balaban J connectivity index is 2.18. The van der Waals surface area contributed by atoms with E-state index in [9.17, 15) is 14.9 Å². The lowest BCUT2D eigenvalue weighted by Gasteiger charge is -2.20. The predicted octanol–water partition coefficient (Wildman–Crippen LogP) is 1.93. The molecule has 1 aromatic carbocycles. The molecule has 1 fully saturated rings. The van der Waals surface area contributed by atoms with Crippen molar-refractivity contribution >= 4 is 17.3 Å². The summed E-state index contributed by atoms with van der Waals surface area (Å²) in [5.74, 6) is -0.457. The fourth-order valence-electron chi connectivity index (χ4n) is 2.41. The summed E-state index contributed by atoms with van der Waals surface area (Å²) < 4.78 is 5.51. The lowest BCUT2D eigenvalue weighted by molar-refractivity contribution is -0.385. The van der Waals surface area contributed by atoms with E-state index in [4.69, 9.17) is 4.74 Å². The molecule has 2 atom stereocenters. The third-order valence-corrected chi connectivity index (χ3v) is 3.61. The van der Waals surface area contributed by atoms with Gasteiger partial charge in [-0.25, -0.2) is 0 Å². The average molecular weight is 293 g/mol. The standard InChI is InChI=1S/C14H19N3O4/c1-9(13-4-3-7-21-13)16-14(18)11-8-10(15-2)5-6-12(11)17(19)20/h5-6,8-9,13,15H,3-4,7H2,1-2H3,(H,16,18). The molecule has 0 bridgehead atoms. The minimum Gasteiger partial charge on any atom is -0.388 e. The second-order valence-electron chi connectivity index (χ2n) is 5.05. The summed E-state index contributed by atoms with van der Waals surface area (Å²) in [5.41, 5.74) is 0.498. The van der Waals surface area contributed by atoms with Crippen LogP contribution in [-0.2, 0) is 4.74 Å². The molecule has 0 saturated carbocycles. The number of nitro groups is 1. The van der Waals surface area contributed by atoms with Gasteiger partial charge in [-0.05, 0) is 31.9 Å². The molecule has 1 amide bonds. The van der Waals surface area contributed by atoms with Crippen LogP contribution in [-0.4, -0.2) is 36.6 Å². The van der Waals surface area contributed by atoms with E-state index in [0.29, 0.717) is 12.3 Å². The molecule has 0 spiro atoms. The SMILES string of the molecule is CNc1ccc([N+](=O)[O-])c(C(=O)NC(C)C2CCCO2)c1. The highest BCUT2D eigenvalue weighted by atomic mass is 16.6. The molecule has 1 aliphatic rings. The fourth-order valence-corrected chi connectivity index (χ4v) is 2.41. The molecular formula is C14H19N3O4. The van der Waals surface area contributed by atoms with Crippen molar-refractivity contribution in [3.05, 3.63) is 33.9 Å². The third-order valence-electron chi connectivity index (χ3n) is 3.61. The van der Waals surface area contributed by atoms with Gasteiger partial charge in [-0.1, -0.05) is 0 Å². The van der Waals surface area contributed by atoms with E-state index in [1.54, 1.807) is 13.1 Å². The third kappa shape index (κ3) is 3.49. The molecule has 2 rings (SSSR count). The maximum atomic E-state index is 12.3. The van der Waals surface area contributed by atoms with Crippen molar-refractivity contribution in [2.75, 3.05) is 19.0 Å². The second kappa shape index (κ2) is 6.53. The van der Waals surface area contributed by atoms with E-state index < -0.39 is 10.8 Å². The Morgan fingerprint density at radius 3 is 2.86 bits per heavy atom. The predicted molar refractivity (Wildman–Crippen MR) is 78.5 cm³/mol. The van der Waals surface area contributed by atoms with Gasteiger partial charge in [-0.15, -0.1) is 0 Å². The van der Waals surface area contributed by atoms with Crippen molar-refractivity contribution in [1.82, 2.24) is 5.32 Å². The maximum Gasteiger partial charge on any atom is 0.282 e. The summed E-state index contributed by atoms with van der Waals surface area (Å²) in [6.07, 6.45) is 1.83. The van der Waals surface area contributed by atoms with E-state index in [-0.39, 0.29) is 23.4 Å². The first-order chi connectivity index (χ1) is 10.0. The maximum absolute atomic E-state index is 12.3. The Morgan fingerprint density at radius 2 is 2.29 bits per heavy atom. The molecule has 2 N–H and O–H groups in total. The molecule has 114 valence electrons. The summed E-state index contributed by atoms with van der Waals surface area (Å²) in [4.78, 5) is 22.8. The molecule has 1 aliphatic heterocycles. The van der Waals surface area contributed by atoms with E-state index in [1.165, 1.54) is 12.1 Å². The van der Waals surface area contributed by atoms with Crippen LogP contribution in [0.1, 0.15) is 30.1 Å². The van der Waals surface area contributed by atoms with Gasteiger partial charge in [0.25, 0.3) is 11.6 Å². The Kier molecular flexibility index (Phi) is 4.74. The molecule has 0 aliphatic carbocycles. The van der Waals surface area contributed by atoms with Crippen LogP contribution >= 0.6 is 0 Å². The van der Waals surface area contributed by atoms with E-state index in [2.05, 4.69) is 10.6 Å². The van der Waals surface area contributed by atoms with Crippen molar-refractivity contribution in [2.45, 2.75) is 31.9 Å². The van der Waals surface area contributed by atoms with Crippen molar-refractivity contribution in [3.8, 4) is 0 Å². The number of amides is 1. The second-order valence-corrected chi connectivity index (χ2v) is 5.05. The molecule has 2 unspecified atom stereocenters. The number of hydrogen-bond acceptors (Lipinski definition) is 5. The van der Waals surface area contributed by atoms with Crippen LogP contribution in [0.3, 0.4) is 0 Å². The number of nitrogens with zero attached hydrogens (tertiary/aromatic N) is 1. The van der Waals surface area contributed by atoms with E-state index >= 15 is 0 Å². The molecule has 7 heteroatoms. The monoisotopic (exact) mass is 293 g/mol. The van der Waals surface area contributed by atoms with Crippen molar-refractivity contribution in [2.24, 2.45) is 0 Å². The molecule has 7 nitrogen and oxygen atoms in total. The first-order valence-corrected chi connectivity index (χ1v) is 6.91. The number of carbonyl (C=O) groups excluding carboxylic acids is 1. The van der Waals surface area contributed by atoms with Gasteiger partial charge in [0.15, 0.2) is 0 Å². The number of nitro benzene ring substituents is 1. The number of hydrogen-bond donors (Lipinski definition) is 2. The summed E-state index contributed by atoms with van der Waals surface area (Å²) in [5, 5.41) is 16.7. The van der Waals surface area contributed by atoms with Crippen molar-refractivity contribution in [1.29, 1.82) is 0 Å². The largest absolute Gasteiger partial charge is 0.388 e. The molecule has 0 radical (unpaired) electrons. The Labute approximate surface area is 122 Å². The molecule has 1 aromatic rings. The van der Waals surface area contributed by atoms with Crippen molar-refractivity contribution in [3.63, 3.8) is 0 Å². The van der Waals surface area contributed by atoms with Gasteiger partial charge in [0.05, 0.1) is 17.1 Å². The number of anilines is 1. The number of carbonyl (C=O) groups is 1. The molecule has 1 saturated heterocycles. The van der Waals surface area contributed by atoms with Gasteiger partial charge in [-0.3, -0.25) is 14.9 Å². The highest BCUT2D eigenvalue weighted by Gasteiger charge is 2.27. The summed E-state index contributed by atoms with van der Waals surface area (Å²) in [7, 11) is 1.69. The van der Waals surface area contributed by atoms with Gasteiger partial charge in [0, 0.05) is 25.4 Å². The minimum absolute atomic E-state index is 0.0273. The van der Waals surface area contributed by atoms with E-state index in [1.807, 2.05) is 6.92 Å². The van der Waals surface area contributed by atoms with Crippen LogP contribution < -0.4 is 10.6 Å². The summed E-state index contributed by atoms with van der Waals surface area (Å²) in [6.45, 7) is 2.54. The van der Waals surface area contributed by atoms with Crippen molar-refractivity contribution < 1.29 is 14.5 Å². The van der Waals surface area contributed by atoms with Crippen LogP contribution in [0.25, 0.3) is 0 Å². The smallest absolute Gasteiger partial charge is 0.282 e. The van der Waals surface area contributed by atoms with E-state index in [0.717, 1.165) is 12.8 Å². The zero-order valence-electron chi connectivity index (χ0n) is 12.1. The zero-order chi connectivity index (χ0) is 15.4. The van der Waals surface area contributed by atoms with Crippen LogP contribution in [0.15, 0.2) is 18.2 Å². The number of rotatable bonds is 5. The molecule has 0 aromatic heterocycles. The topological polar surface area (TPSA) is 93.5 Å². The van der Waals surface area contributed by atoms with Crippen LogP contribution in [0.2, 0.25) is 0 Å². The molecule has 1 heterocycles. The zero-order valence-corrected chi connectivity index (χ0v) is 12.1. The van der Waals surface area contributed by atoms with Gasteiger partial charge in [-0.2, -0.15) is 0 Å². The Morgan fingerprint density at radius 1 is 1.52 bits per heavy atom. The number of benzene rings is 1. The van der Waals surface area contributed by atoms with Crippen LogP contribution in [0.5, 0.6) is 0 Å². The van der Waals surface area contributed by atoms with Crippen LogP contribution in [0, 0.1) is 10.1 Å². The first kappa shape index (κ1) is 15.2. The lowest BCUT2D eigenvalue weighted by Crippen LogP contribution is -2.41. The molecule has 21 heavy (non-hydrogen) atoms. The van der Waals surface area contributed by atoms with Gasteiger partial charge in [0.1, 0.15) is 5.56 Å².